The second-order valence-corrected chi connectivity index (χ2v) is 10.2. The fraction of sp³-hybridized carbons (Fsp3) is 0.318. The van der Waals surface area contributed by atoms with Gasteiger partial charge in [-0.05, 0) is 49.1 Å². The zero-order valence-corrected chi connectivity index (χ0v) is 19.1. The van der Waals surface area contributed by atoms with Gasteiger partial charge in [-0.3, -0.25) is 14.2 Å². The van der Waals surface area contributed by atoms with E-state index >= 15 is 0 Å². The molecule has 1 aliphatic rings. The molecule has 1 amide bonds. The average molecular weight is 473 g/mol. The van der Waals surface area contributed by atoms with Crippen LogP contribution in [0.25, 0.3) is 10.9 Å². The summed E-state index contributed by atoms with van der Waals surface area (Å²) in [4.78, 5) is 32.2. The van der Waals surface area contributed by atoms with Crippen LogP contribution in [0.3, 0.4) is 0 Å². The van der Waals surface area contributed by atoms with Crippen LogP contribution in [0.5, 0.6) is 0 Å². The van der Waals surface area contributed by atoms with E-state index in [0.717, 1.165) is 31.5 Å². The van der Waals surface area contributed by atoms with E-state index < -0.39 is 10.0 Å². The van der Waals surface area contributed by atoms with Crippen molar-refractivity contribution in [1.82, 2.24) is 14.5 Å². The number of hydrogen-bond donors (Lipinski definition) is 1. The quantitative estimate of drug-likeness (QED) is 0.415. The number of amides is 1. The first-order chi connectivity index (χ1) is 15.3. The van der Waals surface area contributed by atoms with Crippen LogP contribution in [0.15, 0.2) is 63.4 Å². The van der Waals surface area contributed by atoms with Crippen molar-refractivity contribution in [3.05, 3.63) is 64.4 Å². The molecule has 2 heterocycles. The van der Waals surface area contributed by atoms with Gasteiger partial charge in [0.15, 0.2) is 5.16 Å². The Balaban J connectivity index is 1.58. The fourth-order valence-electron chi connectivity index (χ4n) is 3.73. The van der Waals surface area contributed by atoms with Crippen LogP contribution < -0.4 is 10.7 Å². The molecule has 1 fully saturated rings. The topological polar surface area (TPSA) is 115 Å². The van der Waals surface area contributed by atoms with Crippen molar-refractivity contribution in [2.24, 2.45) is 5.14 Å². The van der Waals surface area contributed by atoms with Crippen molar-refractivity contribution in [3.8, 4) is 0 Å². The predicted octanol–water partition coefficient (Wildman–Crippen LogP) is 2.00. The van der Waals surface area contributed by atoms with Gasteiger partial charge in [-0.1, -0.05) is 36.0 Å². The number of thioether (sulfide) groups is 1. The molecule has 168 valence electrons. The highest BCUT2D eigenvalue weighted by atomic mass is 32.2. The summed E-state index contributed by atoms with van der Waals surface area (Å²) in [5.74, 6) is 0.286. The molecule has 1 aliphatic heterocycles. The third kappa shape index (κ3) is 5.03. The largest absolute Gasteiger partial charge is 0.342 e. The Labute approximate surface area is 190 Å². The summed E-state index contributed by atoms with van der Waals surface area (Å²) in [5.41, 5.74) is 1.30. The average Bonchev–Trinajstić information content (AvgIpc) is 3.32. The number of rotatable bonds is 7. The van der Waals surface area contributed by atoms with E-state index in [1.54, 1.807) is 34.9 Å². The number of aryl methyl sites for hydroxylation is 1. The van der Waals surface area contributed by atoms with Gasteiger partial charge in [0.05, 0.1) is 21.6 Å². The smallest absolute Gasteiger partial charge is 0.262 e. The van der Waals surface area contributed by atoms with Gasteiger partial charge < -0.3 is 4.90 Å². The first kappa shape index (κ1) is 22.5. The highest BCUT2D eigenvalue weighted by Gasteiger charge is 2.19. The first-order valence-corrected chi connectivity index (χ1v) is 12.9. The summed E-state index contributed by atoms with van der Waals surface area (Å²) < 4.78 is 24.5. The zero-order chi connectivity index (χ0) is 22.7. The van der Waals surface area contributed by atoms with E-state index in [-0.39, 0.29) is 22.1 Å². The van der Waals surface area contributed by atoms with Crippen LogP contribution in [0.1, 0.15) is 18.4 Å². The molecule has 0 saturated carbocycles. The molecule has 2 N–H and O–H groups in total. The molecular weight excluding hydrogens is 448 g/mol. The minimum atomic E-state index is -3.75. The molecule has 0 atom stereocenters. The Kier molecular flexibility index (Phi) is 6.63. The Morgan fingerprint density at radius 1 is 1.06 bits per heavy atom. The van der Waals surface area contributed by atoms with Gasteiger partial charge in [0.2, 0.25) is 15.9 Å². The maximum atomic E-state index is 13.2. The van der Waals surface area contributed by atoms with Gasteiger partial charge >= 0.3 is 0 Å². The maximum absolute atomic E-state index is 13.2. The number of para-hydroxylation sites is 1. The highest BCUT2D eigenvalue weighted by Crippen LogP contribution is 2.20. The van der Waals surface area contributed by atoms with E-state index in [9.17, 15) is 18.0 Å². The summed E-state index contributed by atoms with van der Waals surface area (Å²) >= 11 is 1.28. The summed E-state index contributed by atoms with van der Waals surface area (Å²) in [6.45, 7) is 1.92. The molecule has 1 saturated heterocycles. The molecule has 4 rings (SSSR count). The lowest BCUT2D eigenvalue weighted by Gasteiger charge is -2.16. The SMILES string of the molecule is NS(=O)(=O)c1ccc(CCn2c(SCC(=O)N3CCCC3)nc3ccccc3c2=O)cc1. The third-order valence-electron chi connectivity index (χ3n) is 5.49. The molecule has 2 aromatic carbocycles. The number of sulfonamides is 1. The molecule has 0 bridgehead atoms. The van der Waals surface area contributed by atoms with Crippen LogP contribution in [-0.2, 0) is 27.8 Å². The van der Waals surface area contributed by atoms with E-state index in [0.29, 0.717) is 29.0 Å². The molecule has 0 aliphatic carbocycles. The number of fused-ring (bicyclic) bond motifs is 1. The van der Waals surface area contributed by atoms with E-state index in [2.05, 4.69) is 4.98 Å². The maximum Gasteiger partial charge on any atom is 0.262 e. The molecule has 0 spiro atoms. The Morgan fingerprint density at radius 3 is 2.44 bits per heavy atom. The highest BCUT2D eigenvalue weighted by molar-refractivity contribution is 7.99. The number of hydrogen-bond acceptors (Lipinski definition) is 6. The number of nitrogens with zero attached hydrogens (tertiary/aromatic N) is 3. The van der Waals surface area contributed by atoms with E-state index in [1.165, 1.54) is 23.9 Å². The number of benzene rings is 2. The van der Waals surface area contributed by atoms with Crippen molar-refractivity contribution in [3.63, 3.8) is 0 Å². The molecule has 3 aromatic rings. The molecule has 8 nitrogen and oxygen atoms in total. The normalized spacial score (nSPS) is 14.2. The molecular formula is C22H24N4O4S2. The Morgan fingerprint density at radius 2 is 1.75 bits per heavy atom. The van der Waals surface area contributed by atoms with Gasteiger partial charge in [-0.25, -0.2) is 18.5 Å². The zero-order valence-electron chi connectivity index (χ0n) is 17.4. The first-order valence-electron chi connectivity index (χ1n) is 10.3. The lowest BCUT2D eigenvalue weighted by atomic mass is 10.1. The van der Waals surface area contributed by atoms with Gasteiger partial charge in [-0.2, -0.15) is 0 Å². The summed E-state index contributed by atoms with van der Waals surface area (Å²) in [7, 11) is -3.75. The van der Waals surface area contributed by atoms with E-state index in [1.807, 2.05) is 11.0 Å². The monoisotopic (exact) mass is 472 g/mol. The number of carbonyl (C=O) groups excluding carboxylic acids is 1. The standard InChI is InChI=1S/C22H24N4O4S2/c23-32(29,30)17-9-7-16(8-10-17)11-14-26-21(28)18-5-1-2-6-19(18)24-22(26)31-15-20(27)25-12-3-4-13-25/h1-2,5-10H,3-4,11-15H2,(H2,23,29,30). The van der Waals surface area contributed by atoms with Gasteiger partial charge in [0, 0.05) is 19.6 Å². The Hall–Kier alpha value is -2.69. The number of nitrogens with two attached hydrogens (primary N) is 1. The van der Waals surface area contributed by atoms with Crippen molar-refractivity contribution in [2.45, 2.75) is 35.9 Å². The minimum absolute atomic E-state index is 0.0439. The van der Waals surface area contributed by atoms with E-state index in [4.69, 9.17) is 5.14 Å². The minimum Gasteiger partial charge on any atom is -0.342 e. The summed E-state index contributed by atoms with van der Waals surface area (Å²) in [5, 5.41) is 6.17. The number of carbonyl (C=O) groups is 1. The van der Waals surface area contributed by atoms with Crippen molar-refractivity contribution in [1.29, 1.82) is 0 Å². The van der Waals surface area contributed by atoms with Crippen molar-refractivity contribution < 1.29 is 13.2 Å². The number of aromatic nitrogens is 2. The van der Waals surface area contributed by atoms with Crippen molar-refractivity contribution >= 4 is 38.6 Å². The van der Waals surface area contributed by atoms with Gasteiger partial charge in [-0.15, -0.1) is 0 Å². The molecule has 1 aromatic heterocycles. The summed E-state index contributed by atoms with van der Waals surface area (Å²) in [6, 6.07) is 13.4. The number of likely N-dealkylation sites (tertiary alicyclic amines) is 1. The lowest BCUT2D eigenvalue weighted by molar-refractivity contribution is -0.127. The second kappa shape index (κ2) is 9.43. The lowest BCUT2D eigenvalue weighted by Crippen LogP contribution is -2.30. The van der Waals surface area contributed by atoms with Crippen LogP contribution in [0.2, 0.25) is 0 Å². The Bertz CT molecular complexity index is 1300. The van der Waals surface area contributed by atoms with Crippen LogP contribution in [0.4, 0.5) is 0 Å². The van der Waals surface area contributed by atoms with Gasteiger partial charge in [0.25, 0.3) is 5.56 Å². The molecule has 32 heavy (non-hydrogen) atoms. The molecule has 0 radical (unpaired) electrons. The predicted molar refractivity (Wildman–Crippen MR) is 124 cm³/mol. The number of primary sulfonamides is 1. The van der Waals surface area contributed by atoms with Crippen LogP contribution >= 0.6 is 11.8 Å². The van der Waals surface area contributed by atoms with Crippen molar-refractivity contribution in [2.75, 3.05) is 18.8 Å². The molecule has 10 heteroatoms. The summed E-state index contributed by atoms with van der Waals surface area (Å²) in [6.07, 6.45) is 2.55. The molecule has 0 unspecified atom stereocenters. The van der Waals surface area contributed by atoms with Gasteiger partial charge in [0.1, 0.15) is 0 Å². The van der Waals surface area contributed by atoms with Crippen LogP contribution in [-0.4, -0.2) is 47.6 Å². The third-order valence-corrected chi connectivity index (χ3v) is 7.38. The van der Waals surface area contributed by atoms with Crippen LogP contribution in [0, 0.1) is 0 Å². The second-order valence-electron chi connectivity index (χ2n) is 7.68. The fourth-order valence-corrected chi connectivity index (χ4v) is 5.17.